The van der Waals surface area contributed by atoms with Gasteiger partial charge in [0.25, 0.3) is 5.91 Å². The van der Waals surface area contributed by atoms with E-state index in [-0.39, 0.29) is 16.8 Å². The largest absolute Gasteiger partial charge is 0.366 e. The third-order valence-electron chi connectivity index (χ3n) is 5.46. The quantitative estimate of drug-likeness (QED) is 0.405. The molecule has 5 N–H and O–H groups in total. The molecule has 34 heavy (non-hydrogen) atoms. The highest BCUT2D eigenvalue weighted by atomic mass is 19.1. The van der Waals surface area contributed by atoms with Crippen molar-refractivity contribution in [3.05, 3.63) is 88.1 Å². The molecule has 2 heterocycles. The zero-order chi connectivity index (χ0) is 24.6. The zero-order valence-electron chi connectivity index (χ0n) is 18.4. The average molecular weight is 460 g/mol. The molecule has 3 amide bonds. The first-order chi connectivity index (χ1) is 16.1. The molecule has 172 valence electrons. The molecule has 0 unspecified atom stereocenters. The normalized spacial score (nSPS) is 10.9. The van der Waals surface area contributed by atoms with E-state index in [1.54, 1.807) is 42.8 Å². The number of nitrogens with two attached hydrogens (primary N) is 2. The third-order valence-corrected chi connectivity index (χ3v) is 5.46. The number of hydrogen-bond acceptors (Lipinski definition) is 5. The first-order valence-electron chi connectivity index (χ1n) is 10.3. The number of anilines is 1. The van der Waals surface area contributed by atoms with Gasteiger partial charge in [-0.25, -0.2) is 9.37 Å². The Kier molecular flexibility index (Phi) is 5.80. The number of pyridine rings is 1. The topological polar surface area (TPSA) is 146 Å². The van der Waals surface area contributed by atoms with Crippen molar-refractivity contribution in [3.8, 4) is 0 Å². The summed E-state index contributed by atoms with van der Waals surface area (Å²) in [5.41, 5.74) is 13.9. The number of halogens is 1. The maximum absolute atomic E-state index is 13.7. The van der Waals surface area contributed by atoms with Crippen molar-refractivity contribution in [2.24, 2.45) is 11.5 Å². The number of amides is 3. The number of fused-ring (bicyclic) bond motifs is 1. The number of carbonyl (C=O) groups excluding carboxylic acids is 3. The maximum Gasteiger partial charge on any atom is 0.274 e. The van der Waals surface area contributed by atoms with Gasteiger partial charge in [0.2, 0.25) is 11.8 Å². The number of benzene rings is 2. The van der Waals surface area contributed by atoms with Gasteiger partial charge in [-0.05, 0) is 49.7 Å². The number of nitrogens with one attached hydrogen (secondary N) is 1. The Hall–Kier alpha value is -4.60. The SMILES string of the molecule is Cc1nn(Cc2ccc(C(N)=O)cc2)c(C)c1NC(=O)c1cc(C(N)=O)c2ccc(F)cc2n1. The fourth-order valence-corrected chi connectivity index (χ4v) is 3.68. The number of aromatic nitrogens is 3. The molecule has 0 atom stereocenters. The molecular formula is C24H21FN6O3. The Bertz CT molecular complexity index is 1460. The highest BCUT2D eigenvalue weighted by molar-refractivity contribution is 6.10. The molecule has 0 bridgehead atoms. The summed E-state index contributed by atoms with van der Waals surface area (Å²) in [5, 5.41) is 7.62. The summed E-state index contributed by atoms with van der Waals surface area (Å²) in [4.78, 5) is 40.4. The van der Waals surface area contributed by atoms with Crippen LogP contribution >= 0.6 is 0 Å². The summed E-state index contributed by atoms with van der Waals surface area (Å²) >= 11 is 0. The number of primary amides is 2. The molecule has 9 nitrogen and oxygen atoms in total. The molecule has 2 aromatic carbocycles. The van der Waals surface area contributed by atoms with Crippen LogP contribution in [0.3, 0.4) is 0 Å². The Morgan fingerprint density at radius 1 is 1.00 bits per heavy atom. The average Bonchev–Trinajstić information content (AvgIpc) is 3.05. The summed E-state index contributed by atoms with van der Waals surface area (Å²) in [5.74, 6) is -2.40. The van der Waals surface area contributed by atoms with Gasteiger partial charge >= 0.3 is 0 Å². The van der Waals surface area contributed by atoms with Gasteiger partial charge in [-0.3, -0.25) is 19.1 Å². The van der Waals surface area contributed by atoms with Crippen LogP contribution in [0.5, 0.6) is 0 Å². The van der Waals surface area contributed by atoms with Crippen LogP contribution in [-0.4, -0.2) is 32.5 Å². The molecule has 0 saturated carbocycles. The van der Waals surface area contributed by atoms with E-state index < -0.39 is 23.5 Å². The van der Waals surface area contributed by atoms with Crippen LogP contribution in [0.4, 0.5) is 10.1 Å². The second kappa shape index (κ2) is 8.74. The smallest absolute Gasteiger partial charge is 0.274 e. The van der Waals surface area contributed by atoms with E-state index in [1.807, 2.05) is 0 Å². The van der Waals surface area contributed by atoms with Crippen molar-refractivity contribution in [1.29, 1.82) is 0 Å². The Labute approximate surface area is 193 Å². The van der Waals surface area contributed by atoms with Gasteiger partial charge in [0, 0.05) is 17.0 Å². The van der Waals surface area contributed by atoms with Gasteiger partial charge in [0.1, 0.15) is 11.5 Å². The van der Waals surface area contributed by atoms with Crippen LogP contribution in [-0.2, 0) is 6.54 Å². The predicted molar refractivity (Wildman–Crippen MR) is 124 cm³/mol. The van der Waals surface area contributed by atoms with Gasteiger partial charge in [-0.2, -0.15) is 5.10 Å². The van der Waals surface area contributed by atoms with E-state index in [9.17, 15) is 18.8 Å². The van der Waals surface area contributed by atoms with Gasteiger partial charge in [0.05, 0.1) is 34.7 Å². The molecule has 4 rings (SSSR count). The lowest BCUT2D eigenvalue weighted by molar-refractivity contribution is 0.0991. The van der Waals surface area contributed by atoms with Crippen molar-refractivity contribution in [2.45, 2.75) is 20.4 Å². The van der Waals surface area contributed by atoms with Crippen LogP contribution < -0.4 is 16.8 Å². The van der Waals surface area contributed by atoms with Crippen molar-refractivity contribution in [3.63, 3.8) is 0 Å². The number of hydrogen-bond donors (Lipinski definition) is 3. The second-order valence-electron chi connectivity index (χ2n) is 7.80. The molecule has 0 spiro atoms. The molecule has 0 saturated heterocycles. The fraction of sp³-hybridized carbons (Fsp3) is 0.125. The molecule has 10 heteroatoms. The summed E-state index contributed by atoms with van der Waals surface area (Å²) in [6.07, 6.45) is 0. The van der Waals surface area contributed by atoms with Crippen LogP contribution in [0.25, 0.3) is 10.9 Å². The van der Waals surface area contributed by atoms with Gasteiger partial charge in [-0.15, -0.1) is 0 Å². The summed E-state index contributed by atoms with van der Waals surface area (Å²) in [6, 6.07) is 11.8. The molecule has 4 aromatic rings. The maximum atomic E-state index is 13.7. The number of nitrogens with zero attached hydrogens (tertiary/aromatic N) is 3. The van der Waals surface area contributed by atoms with Crippen molar-refractivity contribution < 1.29 is 18.8 Å². The minimum Gasteiger partial charge on any atom is -0.366 e. The van der Waals surface area contributed by atoms with Gasteiger partial charge in [-0.1, -0.05) is 12.1 Å². The standard InChI is InChI=1S/C24H21FN6O3/c1-12-21(13(2)31(30-12)11-14-3-5-15(6-4-14)22(26)32)29-24(34)20-10-18(23(27)33)17-8-7-16(25)9-19(17)28-20/h3-10H,11H2,1-2H3,(H2,26,32)(H2,27,33)(H,29,34). The van der Waals surface area contributed by atoms with E-state index in [2.05, 4.69) is 15.4 Å². The number of aryl methyl sites for hydroxylation is 1. The first kappa shape index (κ1) is 22.6. The lowest BCUT2D eigenvalue weighted by Crippen LogP contribution is -2.18. The lowest BCUT2D eigenvalue weighted by atomic mass is 10.1. The van der Waals surface area contributed by atoms with Crippen molar-refractivity contribution >= 4 is 34.3 Å². The zero-order valence-corrected chi connectivity index (χ0v) is 18.4. The van der Waals surface area contributed by atoms with Crippen LogP contribution in [0.2, 0.25) is 0 Å². The molecule has 0 aliphatic rings. The molecule has 2 aromatic heterocycles. The summed E-state index contributed by atoms with van der Waals surface area (Å²) in [7, 11) is 0. The third kappa shape index (κ3) is 4.33. The fourth-order valence-electron chi connectivity index (χ4n) is 3.68. The van der Waals surface area contributed by atoms with Crippen molar-refractivity contribution in [2.75, 3.05) is 5.32 Å². The minimum absolute atomic E-state index is 0.0682. The Balaban J connectivity index is 1.62. The predicted octanol–water partition coefficient (Wildman–Crippen LogP) is 2.69. The number of carbonyl (C=O) groups is 3. The molecule has 0 aliphatic heterocycles. The molecule has 0 radical (unpaired) electrons. The minimum atomic E-state index is -0.754. The highest BCUT2D eigenvalue weighted by Crippen LogP contribution is 2.23. The van der Waals surface area contributed by atoms with Gasteiger partial charge < -0.3 is 16.8 Å². The molecule has 0 fully saturated rings. The lowest BCUT2D eigenvalue weighted by Gasteiger charge is -2.10. The summed E-state index contributed by atoms with van der Waals surface area (Å²) in [6.45, 7) is 3.94. The Morgan fingerprint density at radius 2 is 1.71 bits per heavy atom. The van der Waals surface area contributed by atoms with E-state index in [0.717, 1.165) is 11.6 Å². The van der Waals surface area contributed by atoms with Crippen molar-refractivity contribution in [1.82, 2.24) is 14.8 Å². The van der Waals surface area contributed by atoms with E-state index >= 15 is 0 Å². The van der Waals surface area contributed by atoms with Crippen LogP contribution in [0, 0.1) is 19.7 Å². The monoisotopic (exact) mass is 460 g/mol. The van der Waals surface area contributed by atoms with Gasteiger partial charge in [0.15, 0.2) is 0 Å². The molecular weight excluding hydrogens is 439 g/mol. The summed E-state index contributed by atoms with van der Waals surface area (Å²) < 4.78 is 15.4. The Morgan fingerprint density at radius 3 is 2.35 bits per heavy atom. The first-order valence-corrected chi connectivity index (χ1v) is 10.3. The highest BCUT2D eigenvalue weighted by Gasteiger charge is 2.19. The second-order valence-corrected chi connectivity index (χ2v) is 7.80. The van der Waals surface area contributed by atoms with E-state index in [0.29, 0.717) is 34.6 Å². The number of rotatable bonds is 6. The van der Waals surface area contributed by atoms with Crippen LogP contribution in [0.15, 0.2) is 48.5 Å². The van der Waals surface area contributed by atoms with E-state index in [1.165, 1.54) is 18.2 Å². The van der Waals surface area contributed by atoms with E-state index in [4.69, 9.17) is 11.5 Å². The molecule has 0 aliphatic carbocycles. The van der Waals surface area contributed by atoms with Crippen LogP contribution in [0.1, 0.15) is 48.2 Å².